The number of carbonyl (C=O) groups is 4. The van der Waals surface area contributed by atoms with Crippen molar-refractivity contribution in [3.63, 3.8) is 0 Å². The zero-order chi connectivity index (χ0) is 76.3. The number of likely N-dealkylation sites (tertiary alicyclic amines) is 1. The van der Waals surface area contributed by atoms with Crippen LogP contribution in [-0.2, 0) is 89.9 Å². The number of fused-ring (bicyclic) bond motifs is 5. The molecule has 0 aromatic heterocycles. The average molecular weight is 1570 g/mol. The Hall–Kier alpha value is -7.80. The Balaban J connectivity index is 0.780. The fourth-order valence-corrected chi connectivity index (χ4v) is 17.4. The first-order valence-corrected chi connectivity index (χ1v) is 39.0. The first kappa shape index (κ1) is 81.3. The number of aliphatic imine (C=N–C) groups is 2. The summed E-state index contributed by atoms with van der Waals surface area (Å²) < 4.78 is 167. The van der Waals surface area contributed by atoms with E-state index < -0.39 is 171 Å². The van der Waals surface area contributed by atoms with E-state index in [-0.39, 0.29) is 98.7 Å². The highest BCUT2D eigenvalue weighted by molar-refractivity contribution is 7.86. The molecule has 1 aromatic carbocycles. The number of nitrogens with one attached hydrogen (secondary N) is 4. The monoisotopic (exact) mass is 1570 g/mol. The van der Waals surface area contributed by atoms with Crippen molar-refractivity contribution < 1.29 is 115 Å². The molecule has 0 bridgehead atoms. The first-order valence-electron chi connectivity index (χ1n) is 32.4. The minimum Gasteiger partial charge on any atom is -0.489 e. The number of nitrogens with zero attached hydrogens (tertiary/aromatic N) is 10. The zero-order valence-electron chi connectivity index (χ0n) is 56.7. The topological polar surface area (TPSA) is 564 Å². The van der Waals surface area contributed by atoms with Gasteiger partial charge in [0, 0.05) is 99.4 Å². The number of nitrogens with two attached hydrogens (primary N) is 1. The van der Waals surface area contributed by atoms with Crippen molar-refractivity contribution in [1.29, 1.82) is 0 Å². The Bertz CT molecular complexity index is 4410. The lowest BCUT2D eigenvalue weighted by Gasteiger charge is -2.54. The molecule has 5 aliphatic heterocycles. The Morgan fingerprint density at radius 1 is 1.00 bits per heavy atom. The fourth-order valence-electron chi connectivity index (χ4n) is 14.2. The Morgan fingerprint density at radius 2 is 1.75 bits per heavy atom. The number of alkyl halides is 1. The number of carboxylic acid groups (broad SMARTS) is 1. The van der Waals surface area contributed by atoms with Gasteiger partial charge in [-0.15, -0.1) is 4.89 Å². The highest BCUT2D eigenvalue weighted by Gasteiger charge is 2.54. The van der Waals surface area contributed by atoms with Crippen LogP contribution in [-0.4, -0.2) is 189 Å². The van der Waals surface area contributed by atoms with E-state index in [4.69, 9.17) is 54.1 Å². The second-order valence-electron chi connectivity index (χ2n) is 26.3. The molecular formula is C60H76FN15O24P3S2+3. The molecule has 3 amide bonds. The molecule has 45 heteroatoms. The van der Waals surface area contributed by atoms with Crippen molar-refractivity contribution in [2.24, 2.45) is 66.4 Å². The molecule has 1 saturated carbocycles. The van der Waals surface area contributed by atoms with Gasteiger partial charge in [-0.2, -0.15) is 16.8 Å². The van der Waals surface area contributed by atoms with Gasteiger partial charge < -0.3 is 45.2 Å². The van der Waals surface area contributed by atoms with Crippen molar-refractivity contribution >= 4 is 92.0 Å². The van der Waals surface area contributed by atoms with Crippen LogP contribution in [0.1, 0.15) is 78.7 Å². The zero-order valence-corrected chi connectivity index (χ0v) is 61.0. The molecule has 17 atom stereocenters. The lowest BCUT2D eigenvalue weighted by molar-refractivity contribution is -0.319. The number of amides is 3. The number of hydrogen-bond donors (Lipinski definition) is 9. The van der Waals surface area contributed by atoms with Crippen molar-refractivity contribution in [2.75, 3.05) is 51.0 Å². The quantitative estimate of drug-likeness (QED) is 0.00470. The third-order valence-corrected chi connectivity index (χ3v) is 22.0. The molecule has 10 N–H and O–H groups in total. The van der Waals surface area contributed by atoms with E-state index in [9.17, 15) is 73.8 Å². The summed E-state index contributed by atoms with van der Waals surface area (Å²) in [6.45, 7) is 2.75. The number of halogens is 1. The molecule has 9 rings (SSSR count). The summed E-state index contributed by atoms with van der Waals surface area (Å²) in [7, 11) is -19.5. The number of aliphatic carboxylic acids is 1. The summed E-state index contributed by atoms with van der Waals surface area (Å²) in [6.07, 6.45) is 6.49. The van der Waals surface area contributed by atoms with E-state index >= 15 is 0 Å². The lowest BCUT2D eigenvalue weighted by atomic mass is 9.61. The van der Waals surface area contributed by atoms with E-state index in [0.29, 0.717) is 40.3 Å². The van der Waals surface area contributed by atoms with Gasteiger partial charge in [0.1, 0.15) is 48.8 Å². The summed E-state index contributed by atoms with van der Waals surface area (Å²) in [5, 5.41) is 24.2. The summed E-state index contributed by atoms with van der Waals surface area (Å²) in [5.41, 5.74) is 28.6. The predicted octanol–water partition coefficient (Wildman–Crippen LogP) is 4.02. The van der Waals surface area contributed by atoms with E-state index in [1.807, 2.05) is 13.8 Å². The molecule has 5 heterocycles. The van der Waals surface area contributed by atoms with Crippen LogP contribution in [0.15, 0.2) is 90.5 Å². The van der Waals surface area contributed by atoms with Crippen molar-refractivity contribution in [3.05, 3.63) is 102 Å². The largest absolute Gasteiger partial charge is 0.798 e. The summed E-state index contributed by atoms with van der Waals surface area (Å²) >= 11 is 0. The number of ether oxygens (including phenoxy) is 6. The van der Waals surface area contributed by atoms with Gasteiger partial charge in [0.25, 0.3) is 38.5 Å². The molecule has 39 nitrogen and oxygen atoms in total. The molecule has 16 unspecified atom stereocenters. The van der Waals surface area contributed by atoms with Crippen molar-refractivity contribution in [3.8, 4) is 17.6 Å². The highest BCUT2D eigenvalue weighted by Crippen LogP contribution is 2.51. The maximum Gasteiger partial charge on any atom is 0.798 e. The van der Waals surface area contributed by atoms with Crippen molar-refractivity contribution in [1.82, 2.24) is 26.4 Å². The van der Waals surface area contributed by atoms with Crippen LogP contribution < -0.4 is 42.5 Å². The molecule has 566 valence electrons. The molecule has 0 radical (unpaired) electrons. The number of azide groups is 2. The van der Waals surface area contributed by atoms with E-state index in [1.54, 1.807) is 50.0 Å². The Kier molecular flexibility index (Phi) is 27.3. The normalized spacial score (nSPS) is 26.4. The van der Waals surface area contributed by atoms with Gasteiger partial charge in [-0.25, -0.2) is 14.2 Å². The van der Waals surface area contributed by atoms with Gasteiger partial charge in [-0.3, -0.25) is 54.0 Å². The predicted molar refractivity (Wildman–Crippen MR) is 365 cm³/mol. The smallest absolute Gasteiger partial charge is 0.489 e. The molecule has 8 aliphatic rings. The fraction of sp³-hybridized carbons (Fsp3) is 0.583. The lowest BCUT2D eigenvalue weighted by Crippen LogP contribution is -2.63. The maximum atomic E-state index is 14.3. The standard InChI is InChI=1S/C60H73FN15O24P3S2/c1-6-49(96-58(97-57(61)73-75-64)98-102(84)100-103(85)99-101(82)83)76-25-33(50-52(62)66-30-67-53(50)76)10-8-14-65-47(77)26-92-15-16-93-48(70-74-63)27-94-36-11-7-9-31(17-36)54(78)71-72-55(79)32-12-13-37(56(80)81)40(18-32)51-41-19-38-34(28-104(86,87)88)23-59(2,3)68-43(38)21-45(41)95-46-22-44-39(20-42(46)51)35(29-105(89,90)91)24-60(4,5)69-44/h7,9,12-13,17,19,21,23,30,33,35-36,39-40,42,44,46,48-50,53,57-58,69H,6,11,14-16,18,20,22,24-29H2,1-5H3,(H6-3,62,65,66,67,71,72,77,78,79,80,81,82,83,86,87,88,89,90,91)/p+3/t33?,35?,36?,39?,40?,42?,44?,46?,48?,49-,50?,53?,57?,58?/m1/s1. The van der Waals surface area contributed by atoms with Crippen LogP contribution in [0.4, 0.5) is 4.39 Å². The van der Waals surface area contributed by atoms with Gasteiger partial charge >= 0.3 is 37.2 Å². The van der Waals surface area contributed by atoms with Crippen LogP contribution in [0.5, 0.6) is 5.75 Å². The molecular weight excluding hydrogens is 1490 g/mol. The van der Waals surface area contributed by atoms with Gasteiger partial charge in [0.05, 0.1) is 55.0 Å². The van der Waals surface area contributed by atoms with Crippen LogP contribution in [0, 0.1) is 47.3 Å². The van der Waals surface area contributed by atoms with Gasteiger partial charge in [-0.1, -0.05) is 58.8 Å². The highest BCUT2D eigenvalue weighted by atomic mass is 32.2. The minimum absolute atomic E-state index is 0.0465. The third kappa shape index (κ3) is 22.2. The number of carboxylic acids is 1. The van der Waals surface area contributed by atoms with E-state index in [0.717, 1.165) is 0 Å². The number of rotatable bonds is 32. The number of hydrazine groups is 1. The molecule has 105 heavy (non-hydrogen) atoms. The van der Waals surface area contributed by atoms with Crippen LogP contribution in [0.25, 0.3) is 32.0 Å². The third-order valence-electron chi connectivity index (χ3n) is 18.0. The van der Waals surface area contributed by atoms with Gasteiger partial charge in [-0.05, 0) is 111 Å². The van der Waals surface area contributed by atoms with E-state index in [1.165, 1.54) is 30.6 Å². The number of hydrogen-bond acceptors (Lipinski definition) is 28. The van der Waals surface area contributed by atoms with Crippen LogP contribution in [0.3, 0.4) is 0 Å². The summed E-state index contributed by atoms with van der Waals surface area (Å²) in [4.78, 5) is 82.8. The van der Waals surface area contributed by atoms with Gasteiger partial charge in [0.2, 0.25) is 5.91 Å². The molecule has 2 saturated heterocycles. The first-order chi connectivity index (χ1) is 49.6. The number of benzene rings is 1. The number of allylic oxidation sites excluding steroid dienone is 2. The molecule has 1 aromatic rings. The molecule has 0 spiro atoms. The maximum absolute atomic E-state index is 14.3. The minimum atomic E-state index is -4.60. The Labute approximate surface area is 601 Å². The SMILES string of the molecule is CC[C@@H](OC(OC(F)N=[N+]=[N-])O[P+](=O)O[P+](=O)O[P+](=O)O)N1CC(C#CCNC(=O)COCCOC(COC2C=C(C(=O)NNC(=O)C3=CC=C(C(=O)O)C(C4=c5cc6c(cc5OC5CC7NC(C)(C)CC(CS(=O)(=O)O)C7CC45)=NC(C)(C)C=C6CS(=O)(=O)O)C3)C=CC2)N=[N+]=[N-])C2C(N)=NC=NC21. The van der Waals surface area contributed by atoms with Crippen LogP contribution >= 0.6 is 24.8 Å². The summed E-state index contributed by atoms with van der Waals surface area (Å²) in [5.74, 6) is -2.38. The second-order valence-corrected chi connectivity index (χ2v) is 32.1. The molecule has 3 fully saturated rings. The van der Waals surface area contributed by atoms with Crippen LogP contribution in [0.2, 0.25) is 0 Å². The van der Waals surface area contributed by atoms with Crippen molar-refractivity contribution in [2.45, 2.75) is 134 Å². The number of carbonyl (C=O) groups excluding carboxylic acids is 3. The number of amidine groups is 1. The summed E-state index contributed by atoms with van der Waals surface area (Å²) in [6, 6.07) is 2.98. The average Bonchev–Trinajstić information content (AvgIpc) is 1.30. The number of piperidine rings is 1. The second kappa shape index (κ2) is 35.3. The Morgan fingerprint density at radius 3 is 2.46 bits per heavy atom. The van der Waals surface area contributed by atoms with E-state index in [2.05, 4.69) is 72.0 Å². The van der Waals surface area contributed by atoms with Gasteiger partial charge in [0.15, 0.2) is 14.8 Å². The molecule has 3 aliphatic carbocycles.